The number of carbonyl (C=O) groups is 1. The molecule has 0 bridgehead atoms. The highest BCUT2D eigenvalue weighted by molar-refractivity contribution is 9.11. The topological polar surface area (TPSA) is 55.1 Å². The molecule has 1 amide bonds. The Balaban J connectivity index is 2.07. The van der Waals surface area contributed by atoms with Crippen LogP contribution < -0.4 is 11.1 Å². The number of aryl methyl sites for hydroxylation is 1. The molecule has 0 radical (unpaired) electrons. The minimum absolute atomic E-state index is 0.0832. The monoisotopic (exact) mass is 388 g/mol. The lowest BCUT2D eigenvalue weighted by Gasteiger charge is -2.25. The molecule has 3 N–H and O–H groups in total. The van der Waals surface area contributed by atoms with Gasteiger partial charge in [-0.2, -0.15) is 0 Å². The molecule has 0 atom stereocenters. The molecule has 1 fully saturated rings. The first kappa shape index (κ1) is 15.0. The van der Waals surface area contributed by atoms with Crippen molar-refractivity contribution in [3.05, 3.63) is 26.6 Å². The standard InChI is InChI=1S/C14H18Br2N2O/c1-8-6-11(15)13(12(16)7-8)18-14(19)9-2-4-10(17)5-3-9/h6-7,9-10H,2-5,17H2,1H3,(H,18,19). The molecule has 0 saturated heterocycles. The third-order valence-corrected chi connectivity index (χ3v) is 4.83. The van der Waals surface area contributed by atoms with Gasteiger partial charge in [-0.25, -0.2) is 0 Å². The second-order valence-electron chi connectivity index (χ2n) is 5.20. The van der Waals surface area contributed by atoms with Crippen molar-refractivity contribution in [1.82, 2.24) is 0 Å². The first-order valence-electron chi connectivity index (χ1n) is 6.49. The van der Waals surface area contributed by atoms with Crippen LogP contribution in [0.2, 0.25) is 0 Å². The van der Waals surface area contributed by atoms with E-state index in [0.29, 0.717) is 0 Å². The molecule has 0 spiro atoms. The number of halogens is 2. The van der Waals surface area contributed by atoms with Crippen molar-refractivity contribution < 1.29 is 4.79 Å². The van der Waals surface area contributed by atoms with Crippen molar-refractivity contribution in [2.24, 2.45) is 11.7 Å². The molecule has 0 aliphatic heterocycles. The quantitative estimate of drug-likeness (QED) is 0.803. The normalized spacial score (nSPS) is 23.2. The Labute approximate surface area is 130 Å². The second-order valence-corrected chi connectivity index (χ2v) is 6.91. The number of carbonyl (C=O) groups excluding carboxylic acids is 1. The molecule has 1 aliphatic rings. The lowest BCUT2D eigenvalue weighted by Crippen LogP contribution is -2.32. The molecule has 19 heavy (non-hydrogen) atoms. The van der Waals surface area contributed by atoms with Gasteiger partial charge in [0.2, 0.25) is 5.91 Å². The summed E-state index contributed by atoms with van der Waals surface area (Å²) < 4.78 is 1.81. The second kappa shape index (κ2) is 6.37. The molecule has 2 rings (SSSR count). The Bertz CT molecular complexity index is 459. The summed E-state index contributed by atoms with van der Waals surface area (Å²) in [4.78, 5) is 12.3. The number of benzene rings is 1. The van der Waals surface area contributed by atoms with Gasteiger partial charge in [0.25, 0.3) is 0 Å². The van der Waals surface area contributed by atoms with Gasteiger partial charge in [0.05, 0.1) is 5.69 Å². The van der Waals surface area contributed by atoms with Crippen molar-refractivity contribution in [1.29, 1.82) is 0 Å². The van der Waals surface area contributed by atoms with Crippen LogP contribution in [0.5, 0.6) is 0 Å². The third-order valence-electron chi connectivity index (χ3n) is 3.58. The van der Waals surface area contributed by atoms with Crippen molar-refractivity contribution in [2.75, 3.05) is 5.32 Å². The fraction of sp³-hybridized carbons (Fsp3) is 0.500. The van der Waals surface area contributed by atoms with Crippen molar-refractivity contribution >= 4 is 43.5 Å². The molecule has 0 unspecified atom stereocenters. The van der Waals surface area contributed by atoms with Gasteiger partial charge in [-0.05, 0) is 82.2 Å². The summed E-state index contributed by atoms with van der Waals surface area (Å²) in [5, 5.41) is 3.02. The first-order chi connectivity index (χ1) is 8.97. The van der Waals surface area contributed by atoms with E-state index in [4.69, 9.17) is 5.73 Å². The maximum atomic E-state index is 12.3. The maximum absolute atomic E-state index is 12.3. The van der Waals surface area contributed by atoms with Gasteiger partial charge in [-0.1, -0.05) is 0 Å². The van der Waals surface area contributed by atoms with Gasteiger partial charge < -0.3 is 11.1 Å². The average molecular weight is 390 g/mol. The maximum Gasteiger partial charge on any atom is 0.227 e. The molecule has 3 nitrogen and oxygen atoms in total. The van der Waals surface area contributed by atoms with Crippen LogP contribution in [0.15, 0.2) is 21.1 Å². The molecule has 1 aromatic carbocycles. The number of amides is 1. The molecule has 1 saturated carbocycles. The molecule has 0 heterocycles. The van der Waals surface area contributed by atoms with E-state index in [1.54, 1.807) is 0 Å². The van der Waals surface area contributed by atoms with Crippen molar-refractivity contribution in [3.8, 4) is 0 Å². The Morgan fingerprint density at radius 2 is 1.74 bits per heavy atom. The molecule has 1 aromatic rings. The van der Waals surface area contributed by atoms with Gasteiger partial charge in [0, 0.05) is 20.9 Å². The highest BCUT2D eigenvalue weighted by atomic mass is 79.9. The summed E-state index contributed by atoms with van der Waals surface area (Å²) in [5.41, 5.74) is 7.82. The van der Waals surface area contributed by atoms with Gasteiger partial charge in [0.15, 0.2) is 0 Å². The minimum atomic E-state index is 0.0832. The number of rotatable bonds is 2. The van der Waals surface area contributed by atoms with Crippen LogP contribution in [0.25, 0.3) is 0 Å². The molecule has 0 aromatic heterocycles. The molecular weight excluding hydrogens is 372 g/mol. The van der Waals surface area contributed by atoms with E-state index in [2.05, 4.69) is 37.2 Å². The molecule has 1 aliphatic carbocycles. The fourth-order valence-corrected chi connectivity index (χ4v) is 4.04. The number of hydrogen-bond acceptors (Lipinski definition) is 2. The zero-order chi connectivity index (χ0) is 14.0. The van der Waals surface area contributed by atoms with Crippen molar-refractivity contribution in [2.45, 2.75) is 38.6 Å². The lowest BCUT2D eigenvalue weighted by atomic mass is 9.86. The van der Waals surface area contributed by atoms with Crippen LogP contribution >= 0.6 is 31.9 Å². The summed E-state index contributed by atoms with van der Waals surface area (Å²) in [6.07, 6.45) is 3.64. The predicted octanol–water partition coefficient (Wildman–Crippen LogP) is 3.98. The smallest absolute Gasteiger partial charge is 0.227 e. The summed E-state index contributed by atoms with van der Waals surface area (Å²) in [6.45, 7) is 2.02. The summed E-state index contributed by atoms with van der Waals surface area (Å²) in [5.74, 6) is 0.178. The van der Waals surface area contributed by atoms with Gasteiger partial charge in [0.1, 0.15) is 0 Å². The largest absolute Gasteiger partial charge is 0.328 e. The lowest BCUT2D eigenvalue weighted by molar-refractivity contribution is -0.120. The van der Waals surface area contributed by atoms with Crippen LogP contribution in [0.1, 0.15) is 31.2 Å². The Morgan fingerprint density at radius 1 is 1.21 bits per heavy atom. The highest BCUT2D eigenvalue weighted by Crippen LogP contribution is 2.33. The van der Waals surface area contributed by atoms with E-state index in [1.807, 2.05) is 19.1 Å². The van der Waals surface area contributed by atoms with E-state index in [1.165, 1.54) is 0 Å². The number of anilines is 1. The van der Waals surface area contributed by atoms with Gasteiger partial charge >= 0.3 is 0 Å². The van der Waals surface area contributed by atoms with Gasteiger partial charge in [-0.3, -0.25) is 4.79 Å². The third kappa shape index (κ3) is 3.80. The average Bonchev–Trinajstić information content (AvgIpc) is 2.34. The molecular formula is C14H18Br2N2O. The zero-order valence-corrected chi connectivity index (χ0v) is 14.1. The Morgan fingerprint density at radius 3 is 2.26 bits per heavy atom. The van der Waals surface area contributed by atoms with Crippen molar-refractivity contribution in [3.63, 3.8) is 0 Å². The Hall–Kier alpha value is -0.390. The Kier molecular flexibility index (Phi) is 5.03. The van der Waals surface area contributed by atoms with E-state index >= 15 is 0 Å². The van der Waals surface area contributed by atoms with E-state index in [9.17, 15) is 4.79 Å². The van der Waals surface area contributed by atoms with Crippen LogP contribution in [0.4, 0.5) is 5.69 Å². The predicted molar refractivity (Wildman–Crippen MR) is 85.1 cm³/mol. The number of nitrogens with one attached hydrogen (secondary N) is 1. The SMILES string of the molecule is Cc1cc(Br)c(NC(=O)C2CCC(N)CC2)c(Br)c1. The first-order valence-corrected chi connectivity index (χ1v) is 8.08. The van der Waals surface area contributed by atoms with Crippen LogP contribution in [-0.2, 0) is 4.79 Å². The minimum Gasteiger partial charge on any atom is -0.328 e. The number of hydrogen-bond donors (Lipinski definition) is 2. The van der Waals surface area contributed by atoms with Gasteiger partial charge in [-0.15, -0.1) is 0 Å². The van der Waals surface area contributed by atoms with Crippen LogP contribution in [0.3, 0.4) is 0 Å². The fourth-order valence-electron chi connectivity index (χ4n) is 2.43. The summed E-state index contributed by atoms with van der Waals surface area (Å²) in [6, 6.07) is 4.26. The summed E-state index contributed by atoms with van der Waals surface area (Å²) >= 11 is 6.99. The zero-order valence-electron chi connectivity index (χ0n) is 10.9. The van der Waals surface area contributed by atoms with E-state index in [-0.39, 0.29) is 17.9 Å². The molecule has 104 valence electrons. The van der Waals surface area contributed by atoms with E-state index < -0.39 is 0 Å². The van der Waals surface area contributed by atoms with Crippen LogP contribution in [-0.4, -0.2) is 11.9 Å². The molecule has 5 heteroatoms. The van der Waals surface area contributed by atoms with E-state index in [0.717, 1.165) is 45.9 Å². The highest BCUT2D eigenvalue weighted by Gasteiger charge is 2.25. The summed E-state index contributed by atoms with van der Waals surface area (Å²) in [7, 11) is 0. The number of nitrogens with two attached hydrogens (primary N) is 1. The van der Waals surface area contributed by atoms with Crippen LogP contribution in [0, 0.1) is 12.8 Å².